The number of anilines is 1. The summed E-state index contributed by atoms with van der Waals surface area (Å²) in [5, 5.41) is 14.2. The van der Waals surface area contributed by atoms with Crippen molar-refractivity contribution in [2.45, 2.75) is 63.6 Å². The number of aromatic nitrogens is 4. The molecule has 2 N–H and O–H groups in total. The topological polar surface area (TPSA) is 115 Å². The van der Waals surface area contributed by atoms with E-state index in [0.717, 1.165) is 0 Å². The van der Waals surface area contributed by atoms with Crippen molar-refractivity contribution in [2.24, 2.45) is 0 Å². The molecule has 0 saturated carbocycles. The van der Waals surface area contributed by atoms with E-state index < -0.39 is 35.6 Å². The van der Waals surface area contributed by atoms with Crippen LogP contribution in [0.15, 0.2) is 41.3 Å². The standard InChI is InChI=1S/C23H24F4N6O3/c1-21(2)10-14(17(24)22(3,4)33-21)30-20-29-11-15(31-32-20)13-6-5-12(18-28-7-8-35-18)9-16(13)36-19(34)23(25,26)27/h5-9,11,14,17,33H,10H2,1-4H3,(H,29,30,32)/t14-,17-/m0/s1. The maximum absolute atomic E-state index is 15.1. The predicted molar refractivity (Wildman–Crippen MR) is 121 cm³/mol. The number of alkyl halides is 4. The van der Waals surface area contributed by atoms with Crippen molar-refractivity contribution >= 4 is 11.9 Å². The van der Waals surface area contributed by atoms with Gasteiger partial charge in [-0.2, -0.15) is 13.2 Å². The summed E-state index contributed by atoms with van der Waals surface area (Å²) < 4.78 is 63.5. The summed E-state index contributed by atoms with van der Waals surface area (Å²) >= 11 is 0. The first-order valence-electron chi connectivity index (χ1n) is 11.0. The number of ether oxygens (including phenoxy) is 1. The maximum atomic E-state index is 15.1. The normalized spacial score (nSPS) is 21.1. The number of halogens is 4. The third-order valence-corrected chi connectivity index (χ3v) is 5.68. The van der Waals surface area contributed by atoms with Gasteiger partial charge in [-0.15, -0.1) is 10.2 Å². The van der Waals surface area contributed by atoms with Gasteiger partial charge in [0.15, 0.2) is 0 Å². The summed E-state index contributed by atoms with van der Waals surface area (Å²) in [4.78, 5) is 19.6. The Morgan fingerprint density at radius 1 is 1.19 bits per heavy atom. The molecule has 0 radical (unpaired) electrons. The van der Waals surface area contributed by atoms with Crippen molar-refractivity contribution in [3.05, 3.63) is 36.9 Å². The summed E-state index contributed by atoms with van der Waals surface area (Å²) in [6, 6.07) is 3.46. The van der Waals surface area contributed by atoms with Gasteiger partial charge >= 0.3 is 12.1 Å². The van der Waals surface area contributed by atoms with Crippen molar-refractivity contribution < 1.29 is 31.5 Å². The molecule has 0 amide bonds. The molecule has 36 heavy (non-hydrogen) atoms. The number of rotatable bonds is 5. The van der Waals surface area contributed by atoms with Gasteiger partial charge in [-0.3, -0.25) is 0 Å². The van der Waals surface area contributed by atoms with E-state index in [0.29, 0.717) is 6.42 Å². The second-order valence-electron chi connectivity index (χ2n) is 9.69. The molecule has 13 heteroatoms. The molecule has 3 heterocycles. The van der Waals surface area contributed by atoms with Crippen LogP contribution in [0.5, 0.6) is 5.75 Å². The molecule has 0 unspecified atom stereocenters. The van der Waals surface area contributed by atoms with E-state index in [1.54, 1.807) is 13.8 Å². The van der Waals surface area contributed by atoms with E-state index in [-0.39, 0.29) is 34.2 Å². The van der Waals surface area contributed by atoms with Gasteiger partial charge in [-0.05, 0) is 52.3 Å². The number of nitrogens with one attached hydrogen (secondary N) is 2. The molecule has 4 rings (SSSR count). The highest BCUT2D eigenvalue weighted by Gasteiger charge is 2.46. The van der Waals surface area contributed by atoms with Crippen molar-refractivity contribution in [1.82, 2.24) is 25.5 Å². The number of benzene rings is 1. The van der Waals surface area contributed by atoms with Gasteiger partial charge < -0.3 is 19.8 Å². The highest BCUT2D eigenvalue weighted by molar-refractivity contribution is 5.82. The van der Waals surface area contributed by atoms with E-state index in [1.165, 1.54) is 36.9 Å². The van der Waals surface area contributed by atoms with Crippen LogP contribution >= 0.6 is 0 Å². The van der Waals surface area contributed by atoms with Gasteiger partial charge in [0.25, 0.3) is 0 Å². The zero-order valence-corrected chi connectivity index (χ0v) is 19.9. The number of piperidine rings is 1. The molecule has 9 nitrogen and oxygen atoms in total. The fourth-order valence-electron chi connectivity index (χ4n) is 4.38. The minimum absolute atomic E-state index is 0.0296. The quantitative estimate of drug-likeness (QED) is 0.295. The van der Waals surface area contributed by atoms with Crippen LogP contribution in [-0.2, 0) is 4.79 Å². The Hall–Kier alpha value is -3.61. The van der Waals surface area contributed by atoms with Crippen LogP contribution in [0.25, 0.3) is 22.7 Å². The Kier molecular flexibility index (Phi) is 6.45. The third kappa shape index (κ3) is 5.45. The first-order chi connectivity index (χ1) is 16.7. The second kappa shape index (κ2) is 9.12. The number of esters is 1. The molecule has 0 bridgehead atoms. The molecule has 2 aromatic heterocycles. The number of hydrogen-bond donors (Lipinski definition) is 2. The lowest BCUT2D eigenvalue weighted by molar-refractivity contribution is -0.189. The fraction of sp³-hybridized carbons (Fsp3) is 0.435. The monoisotopic (exact) mass is 508 g/mol. The molecule has 2 atom stereocenters. The second-order valence-corrected chi connectivity index (χ2v) is 9.69. The van der Waals surface area contributed by atoms with E-state index >= 15 is 4.39 Å². The lowest BCUT2D eigenvalue weighted by atomic mass is 9.78. The highest BCUT2D eigenvalue weighted by atomic mass is 19.4. The Labute approximate surface area is 203 Å². The minimum atomic E-state index is -5.22. The molecule has 1 aromatic carbocycles. The van der Waals surface area contributed by atoms with Crippen molar-refractivity contribution in [3.63, 3.8) is 0 Å². The first kappa shape index (κ1) is 25.5. The van der Waals surface area contributed by atoms with Gasteiger partial charge in [-0.25, -0.2) is 19.2 Å². The van der Waals surface area contributed by atoms with Gasteiger partial charge in [0.05, 0.1) is 18.4 Å². The average Bonchev–Trinajstić information content (AvgIpc) is 3.31. The highest BCUT2D eigenvalue weighted by Crippen LogP contribution is 2.35. The number of carbonyl (C=O) groups excluding carboxylic acids is 1. The van der Waals surface area contributed by atoms with Crippen LogP contribution in [0, 0.1) is 0 Å². The summed E-state index contributed by atoms with van der Waals surface area (Å²) in [5.41, 5.74) is -0.805. The third-order valence-electron chi connectivity index (χ3n) is 5.68. The van der Waals surface area contributed by atoms with Gasteiger partial charge in [-0.1, -0.05) is 0 Å². The van der Waals surface area contributed by atoms with Gasteiger partial charge in [0.2, 0.25) is 11.8 Å². The average molecular weight is 508 g/mol. The zero-order chi connectivity index (χ0) is 26.3. The Morgan fingerprint density at radius 2 is 1.94 bits per heavy atom. The molecule has 192 valence electrons. The molecular formula is C23H24F4N6O3. The van der Waals surface area contributed by atoms with Crippen LogP contribution in [-0.4, -0.2) is 55.6 Å². The molecule has 1 aliphatic rings. The van der Waals surface area contributed by atoms with Crippen molar-refractivity contribution in [1.29, 1.82) is 0 Å². The SMILES string of the molecule is CC1(C)C[C@H](Nc2ncc(-c3ccc(-c4ncco4)cc3OC(=O)C(F)(F)F)nn2)[C@H](F)C(C)(C)N1. The summed E-state index contributed by atoms with van der Waals surface area (Å²) in [5.74, 6) is -2.68. The smallest absolute Gasteiger partial charge is 0.445 e. The van der Waals surface area contributed by atoms with Crippen LogP contribution < -0.4 is 15.4 Å². The van der Waals surface area contributed by atoms with Crippen molar-refractivity contribution in [2.75, 3.05) is 5.32 Å². The van der Waals surface area contributed by atoms with Crippen molar-refractivity contribution in [3.8, 4) is 28.5 Å². The Balaban J connectivity index is 1.61. The minimum Gasteiger partial charge on any atom is -0.445 e. The molecule has 0 spiro atoms. The molecule has 0 aliphatic carbocycles. The van der Waals surface area contributed by atoms with Gasteiger partial charge in [0.1, 0.15) is 23.9 Å². The zero-order valence-electron chi connectivity index (χ0n) is 19.9. The van der Waals surface area contributed by atoms with Crippen LogP contribution in [0.4, 0.5) is 23.5 Å². The summed E-state index contributed by atoms with van der Waals surface area (Å²) in [6.45, 7) is 7.45. The number of hydrogen-bond acceptors (Lipinski definition) is 9. The number of nitrogens with zero attached hydrogens (tertiary/aromatic N) is 4. The largest absolute Gasteiger partial charge is 0.491 e. The molecular weight excluding hydrogens is 484 g/mol. The molecule has 1 aliphatic heterocycles. The summed E-state index contributed by atoms with van der Waals surface area (Å²) in [7, 11) is 0. The van der Waals surface area contributed by atoms with Crippen LogP contribution in [0.3, 0.4) is 0 Å². The lowest BCUT2D eigenvalue weighted by Gasteiger charge is -2.48. The molecule has 1 fully saturated rings. The van der Waals surface area contributed by atoms with E-state index in [4.69, 9.17) is 4.42 Å². The predicted octanol–water partition coefficient (Wildman–Crippen LogP) is 4.33. The van der Waals surface area contributed by atoms with E-state index in [1.807, 2.05) is 13.8 Å². The summed E-state index contributed by atoms with van der Waals surface area (Å²) in [6.07, 6.45) is -2.14. The Bertz CT molecular complexity index is 1230. The van der Waals surface area contributed by atoms with Crippen LogP contribution in [0.1, 0.15) is 34.1 Å². The van der Waals surface area contributed by atoms with Gasteiger partial charge in [0, 0.05) is 22.2 Å². The fourth-order valence-corrected chi connectivity index (χ4v) is 4.38. The Morgan fingerprint density at radius 3 is 2.56 bits per heavy atom. The van der Waals surface area contributed by atoms with Crippen LogP contribution in [0.2, 0.25) is 0 Å². The lowest BCUT2D eigenvalue weighted by Crippen LogP contribution is -2.67. The van der Waals surface area contributed by atoms with E-state index in [9.17, 15) is 18.0 Å². The number of carbonyl (C=O) groups is 1. The number of oxazole rings is 1. The molecule has 1 saturated heterocycles. The molecule has 3 aromatic rings. The first-order valence-corrected chi connectivity index (χ1v) is 11.0. The van der Waals surface area contributed by atoms with E-state index in [2.05, 4.69) is 35.5 Å². The maximum Gasteiger partial charge on any atom is 0.491 e.